The molecule has 0 aliphatic carbocycles. The van der Waals surface area contributed by atoms with Gasteiger partial charge in [0.1, 0.15) is 5.75 Å². The summed E-state index contributed by atoms with van der Waals surface area (Å²) in [7, 11) is 1.68. The number of hydrogen-bond acceptors (Lipinski definition) is 5. The minimum Gasteiger partial charge on any atom is -0.497 e. The van der Waals surface area contributed by atoms with Crippen molar-refractivity contribution in [2.75, 3.05) is 13.7 Å². The smallest absolute Gasteiger partial charge is 0.267 e. The van der Waals surface area contributed by atoms with E-state index in [0.29, 0.717) is 0 Å². The number of nitrogens with one attached hydrogen (secondary N) is 1. The quantitative estimate of drug-likeness (QED) is 0.373. The Bertz CT molecular complexity index is 792. The van der Waals surface area contributed by atoms with E-state index in [1.807, 2.05) is 24.3 Å². The summed E-state index contributed by atoms with van der Waals surface area (Å²) in [5, 5.41) is 8.52. The van der Waals surface area contributed by atoms with E-state index in [9.17, 15) is 4.79 Å². The third-order valence-corrected chi connectivity index (χ3v) is 5.06. The molecular formula is C19H20N2O3S. The molecular weight excluding hydrogens is 336 g/mol. The van der Waals surface area contributed by atoms with Crippen LogP contribution in [0.3, 0.4) is 0 Å². The third kappa shape index (κ3) is 4.63. The number of amides is 1. The van der Waals surface area contributed by atoms with Crippen LogP contribution in [-0.4, -0.2) is 29.1 Å². The highest BCUT2D eigenvalue weighted by molar-refractivity contribution is 7.97. The Balaban J connectivity index is 1.67. The zero-order chi connectivity index (χ0) is 17.6. The zero-order valence-electron chi connectivity index (χ0n) is 13.9. The molecule has 0 atom stereocenters. The number of carbonyl (C=O) groups is 1. The highest BCUT2D eigenvalue weighted by Gasteiger charge is 2.17. The standard InChI is InChI=1S/C19H20N2O3S/c1-24-17-3-2-4-18(12-17)25-21-10-9-15-11-14(5-7-16(15)13-21)6-8-19(22)20-23/h2-8,11-12,23H,9-10,13H2,1H3,(H,20,22)/b8-6+. The molecule has 5 nitrogen and oxygen atoms in total. The molecule has 3 rings (SSSR count). The van der Waals surface area contributed by atoms with Crippen molar-refractivity contribution in [3.63, 3.8) is 0 Å². The van der Waals surface area contributed by atoms with Gasteiger partial charge in [-0.1, -0.05) is 24.3 Å². The molecule has 2 aromatic carbocycles. The fraction of sp³-hybridized carbons (Fsp3) is 0.211. The van der Waals surface area contributed by atoms with Gasteiger partial charge in [-0.2, -0.15) is 0 Å². The minimum atomic E-state index is -0.529. The lowest BCUT2D eigenvalue weighted by Crippen LogP contribution is -2.24. The van der Waals surface area contributed by atoms with E-state index < -0.39 is 5.91 Å². The lowest BCUT2D eigenvalue weighted by Gasteiger charge is -2.28. The normalized spacial score (nSPS) is 14.3. The maximum Gasteiger partial charge on any atom is 0.267 e. The number of ether oxygens (including phenoxy) is 1. The summed E-state index contributed by atoms with van der Waals surface area (Å²) in [6.45, 7) is 1.83. The van der Waals surface area contributed by atoms with Gasteiger partial charge in [0.15, 0.2) is 0 Å². The fourth-order valence-corrected chi connectivity index (χ4v) is 3.74. The second kappa shape index (κ2) is 8.20. The van der Waals surface area contributed by atoms with Crippen molar-refractivity contribution >= 4 is 23.9 Å². The van der Waals surface area contributed by atoms with E-state index in [1.165, 1.54) is 17.2 Å². The van der Waals surface area contributed by atoms with E-state index in [-0.39, 0.29) is 0 Å². The fourth-order valence-electron chi connectivity index (χ4n) is 2.74. The molecule has 0 fully saturated rings. The van der Waals surface area contributed by atoms with Crippen LogP contribution in [0.4, 0.5) is 0 Å². The van der Waals surface area contributed by atoms with Crippen LogP contribution in [0.2, 0.25) is 0 Å². The van der Waals surface area contributed by atoms with Crippen molar-refractivity contribution in [3.05, 3.63) is 65.2 Å². The van der Waals surface area contributed by atoms with Crippen LogP contribution >= 0.6 is 11.9 Å². The van der Waals surface area contributed by atoms with E-state index >= 15 is 0 Å². The van der Waals surface area contributed by atoms with Crippen molar-refractivity contribution in [2.24, 2.45) is 0 Å². The number of methoxy groups -OCH3 is 1. The SMILES string of the molecule is COc1cccc(SN2CCc3cc(/C=C/C(=O)NO)ccc3C2)c1. The molecule has 1 amide bonds. The average Bonchev–Trinajstić information content (AvgIpc) is 2.66. The first-order valence-corrected chi connectivity index (χ1v) is 8.76. The van der Waals surface area contributed by atoms with Crippen LogP contribution < -0.4 is 10.2 Å². The van der Waals surface area contributed by atoms with E-state index in [0.717, 1.165) is 35.7 Å². The summed E-state index contributed by atoms with van der Waals surface area (Å²) < 4.78 is 7.62. The highest BCUT2D eigenvalue weighted by atomic mass is 32.2. The number of rotatable bonds is 5. The Hall–Kier alpha value is -2.28. The molecule has 0 aromatic heterocycles. The zero-order valence-corrected chi connectivity index (χ0v) is 14.8. The summed E-state index contributed by atoms with van der Waals surface area (Å²) in [5.74, 6) is 0.337. The Labute approximate surface area is 151 Å². The molecule has 1 heterocycles. The summed E-state index contributed by atoms with van der Waals surface area (Å²) in [4.78, 5) is 12.2. The summed E-state index contributed by atoms with van der Waals surface area (Å²) in [6, 6.07) is 14.3. The molecule has 0 saturated carbocycles. The van der Waals surface area contributed by atoms with Gasteiger partial charge in [0, 0.05) is 24.1 Å². The molecule has 0 radical (unpaired) electrons. The van der Waals surface area contributed by atoms with Gasteiger partial charge in [-0.25, -0.2) is 9.79 Å². The average molecular weight is 356 g/mol. The Morgan fingerprint density at radius 2 is 2.16 bits per heavy atom. The van der Waals surface area contributed by atoms with Gasteiger partial charge in [0.05, 0.1) is 7.11 Å². The van der Waals surface area contributed by atoms with Gasteiger partial charge in [-0.3, -0.25) is 10.0 Å². The summed E-state index contributed by atoms with van der Waals surface area (Å²) in [5.41, 5.74) is 5.14. The Morgan fingerprint density at radius 3 is 2.96 bits per heavy atom. The molecule has 2 N–H and O–H groups in total. The molecule has 1 aliphatic heterocycles. The number of hydroxylamine groups is 1. The first-order valence-electron chi connectivity index (χ1n) is 7.99. The van der Waals surface area contributed by atoms with Gasteiger partial charge in [0.25, 0.3) is 5.91 Å². The van der Waals surface area contributed by atoms with Crippen LogP contribution in [0.1, 0.15) is 16.7 Å². The first-order chi connectivity index (χ1) is 12.2. The molecule has 0 unspecified atom stereocenters. The van der Waals surface area contributed by atoms with Crippen LogP contribution in [0, 0.1) is 0 Å². The van der Waals surface area contributed by atoms with Gasteiger partial charge in [-0.05, 0) is 59.3 Å². The molecule has 0 bridgehead atoms. The van der Waals surface area contributed by atoms with Gasteiger partial charge in [-0.15, -0.1) is 0 Å². The van der Waals surface area contributed by atoms with Gasteiger partial charge >= 0.3 is 0 Å². The molecule has 0 saturated heterocycles. The summed E-state index contributed by atoms with van der Waals surface area (Å²) >= 11 is 1.74. The largest absolute Gasteiger partial charge is 0.497 e. The Morgan fingerprint density at radius 1 is 1.28 bits per heavy atom. The molecule has 2 aromatic rings. The van der Waals surface area contributed by atoms with Crippen molar-refractivity contribution in [3.8, 4) is 5.75 Å². The third-order valence-electron chi connectivity index (χ3n) is 4.02. The predicted molar refractivity (Wildman–Crippen MR) is 98.4 cm³/mol. The lowest BCUT2D eigenvalue weighted by atomic mass is 9.98. The minimum absolute atomic E-state index is 0.529. The molecule has 1 aliphatic rings. The van der Waals surface area contributed by atoms with Gasteiger partial charge in [0.2, 0.25) is 0 Å². The summed E-state index contributed by atoms with van der Waals surface area (Å²) in [6.07, 6.45) is 3.97. The molecule has 130 valence electrons. The highest BCUT2D eigenvalue weighted by Crippen LogP contribution is 2.31. The predicted octanol–water partition coefficient (Wildman–Crippen LogP) is 3.28. The van der Waals surface area contributed by atoms with Crippen molar-refractivity contribution in [2.45, 2.75) is 17.9 Å². The van der Waals surface area contributed by atoms with E-state index in [4.69, 9.17) is 9.94 Å². The van der Waals surface area contributed by atoms with Crippen LogP contribution in [0.15, 0.2) is 53.4 Å². The number of fused-ring (bicyclic) bond motifs is 1. The number of nitrogens with zero attached hydrogens (tertiary/aromatic N) is 1. The topological polar surface area (TPSA) is 61.8 Å². The molecule has 6 heteroatoms. The first kappa shape index (κ1) is 17.5. The lowest BCUT2D eigenvalue weighted by molar-refractivity contribution is -0.124. The van der Waals surface area contributed by atoms with Crippen LogP contribution in [0.25, 0.3) is 6.08 Å². The number of hydrogen-bond donors (Lipinski definition) is 2. The van der Waals surface area contributed by atoms with Crippen LogP contribution in [-0.2, 0) is 17.8 Å². The van der Waals surface area contributed by atoms with Crippen molar-refractivity contribution in [1.29, 1.82) is 0 Å². The number of carbonyl (C=O) groups excluding carboxylic acids is 1. The molecule has 0 spiro atoms. The van der Waals surface area contributed by atoms with E-state index in [2.05, 4.69) is 22.5 Å². The monoisotopic (exact) mass is 356 g/mol. The number of benzene rings is 2. The van der Waals surface area contributed by atoms with Gasteiger partial charge < -0.3 is 4.74 Å². The Kier molecular flexibility index (Phi) is 5.75. The maximum absolute atomic E-state index is 11.1. The van der Waals surface area contributed by atoms with Crippen molar-refractivity contribution < 1.29 is 14.7 Å². The molecule has 25 heavy (non-hydrogen) atoms. The maximum atomic E-state index is 11.1. The van der Waals surface area contributed by atoms with Crippen molar-refractivity contribution in [1.82, 2.24) is 9.79 Å². The van der Waals surface area contributed by atoms with E-state index in [1.54, 1.807) is 30.6 Å². The van der Waals surface area contributed by atoms with Crippen LogP contribution in [0.5, 0.6) is 5.75 Å². The second-order valence-electron chi connectivity index (χ2n) is 5.72. The second-order valence-corrected chi connectivity index (χ2v) is 6.89.